The van der Waals surface area contributed by atoms with Gasteiger partial charge in [-0.25, -0.2) is 0 Å². The minimum absolute atomic E-state index is 0.0456. The van der Waals surface area contributed by atoms with Crippen molar-refractivity contribution in [2.24, 2.45) is 11.3 Å². The second-order valence-electron chi connectivity index (χ2n) is 8.02. The zero-order valence-corrected chi connectivity index (χ0v) is 16.1. The Kier molecular flexibility index (Phi) is 5.67. The molecule has 3 rings (SSSR count). The van der Waals surface area contributed by atoms with Crippen molar-refractivity contribution in [3.05, 3.63) is 16.0 Å². The maximum Gasteiger partial charge on any atom is 0.303 e. The summed E-state index contributed by atoms with van der Waals surface area (Å²) in [6.45, 7) is 2.21. The van der Waals surface area contributed by atoms with Gasteiger partial charge in [-0.2, -0.15) is 5.26 Å². The molecular formula is C20H26N2O3S. The van der Waals surface area contributed by atoms with Gasteiger partial charge in [0.1, 0.15) is 11.1 Å². The summed E-state index contributed by atoms with van der Waals surface area (Å²) in [5.41, 5.74) is 1.27. The number of carbonyl (C=O) groups is 2. The molecule has 26 heavy (non-hydrogen) atoms. The van der Waals surface area contributed by atoms with Crippen LogP contribution >= 0.6 is 11.3 Å². The van der Waals surface area contributed by atoms with E-state index in [1.807, 2.05) is 0 Å². The van der Waals surface area contributed by atoms with Crippen LogP contribution in [0.5, 0.6) is 0 Å². The van der Waals surface area contributed by atoms with E-state index in [0.29, 0.717) is 16.5 Å². The maximum absolute atomic E-state index is 12.7. The summed E-state index contributed by atoms with van der Waals surface area (Å²) in [7, 11) is 0. The highest BCUT2D eigenvalue weighted by atomic mass is 32.1. The van der Waals surface area contributed by atoms with Crippen LogP contribution in [0.2, 0.25) is 0 Å². The minimum atomic E-state index is -0.835. The number of nitrogens with one attached hydrogen (secondary N) is 1. The van der Waals surface area contributed by atoms with Crippen LogP contribution in [-0.2, 0) is 22.4 Å². The van der Waals surface area contributed by atoms with E-state index < -0.39 is 11.4 Å². The number of aliphatic carboxylic acids is 1. The topological polar surface area (TPSA) is 90.2 Å². The molecule has 1 aromatic rings. The summed E-state index contributed by atoms with van der Waals surface area (Å²) in [6.07, 6.45) is 7.86. The molecule has 1 heterocycles. The van der Waals surface area contributed by atoms with Crippen LogP contribution < -0.4 is 5.32 Å². The van der Waals surface area contributed by atoms with E-state index in [0.717, 1.165) is 56.9 Å². The number of nitrogens with zero attached hydrogens (tertiary/aromatic N) is 1. The molecule has 6 heteroatoms. The van der Waals surface area contributed by atoms with Crippen LogP contribution in [0, 0.1) is 22.7 Å². The van der Waals surface area contributed by atoms with Crippen molar-refractivity contribution in [3.63, 3.8) is 0 Å². The molecule has 0 unspecified atom stereocenters. The van der Waals surface area contributed by atoms with Crippen LogP contribution in [0.1, 0.15) is 74.3 Å². The first-order valence-electron chi connectivity index (χ1n) is 9.49. The minimum Gasteiger partial charge on any atom is -0.481 e. The number of fused-ring (bicyclic) bond motifs is 1. The molecule has 1 aromatic heterocycles. The third-order valence-electron chi connectivity index (χ3n) is 5.85. The standard InChI is InChI=1S/C20H26N2O3S/c1-13-5-6-14-15(12-21)19(26-16(14)9-13)22-17(23)10-20(11-18(24)25)7-3-2-4-8-20/h13H,2-11H2,1H3,(H,22,23)(H,24,25)/t13-/m1/s1. The zero-order chi connectivity index (χ0) is 18.7. The first-order chi connectivity index (χ1) is 12.4. The van der Waals surface area contributed by atoms with Crippen LogP contribution in [0.25, 0.3) is 0 Å². The van der Waals surface area contributed by atoms with Crippen molar-refractivity contribution in [2.45, 2.75) is 71.1 Å². The SMILES string of the molecule is C[C@@H]1CCc2c(sc(NC(=O)CC3(CC(=O)O)CCCCC3)c2C#N)C1. The number of amides is 1. The molecule has 0 bridgehead atoms. The van der Waals surface area contributed by atoms with Gasteiger partial charge in [-0.05, 0) is 49.0 Å². The normalized spacial score (nSPS) is 21.5. The van der Waals surface area contributed by atoms with Gasteiger partial charge in [-0.15, -0.1) is 11.3 Å². The van der Waals surface area contributed by atoms with Gasteiger partial charge in [-0.1, -0.05) is 26.2 Å². The Morgan fingerprint density at radius 2 is 2.04 bits per heavy atom. The third kappa shape index (κ3) is 4.09. The fraction of sp³-hybridized carbons (Fsp3) is 0.650. The highest BCUT2D eigenvalue weighted by Crippen LogP contribution is 2.43. The summed E-state index contributed by atoms with van der Waals surface area (Å²) >= 11 is 1.52. The van der Waals surface area contributed by atoms with Crippen molar-refractivity contribution >= 4 is 28.2 Å². The van der Waals surface area contributed by atoms with Gasteiger partial charge in [0.15, 0.2) is 0 Å². The molecule has 2 aliphatic carbocycles. The summed E-state index contributed by atoms with van der Waals surface area (Å²) in [5.74, 6) is -0.383. The van der Waals surface area contributed by atoms with E-state index in [4.69, 9.17) is 0 Å². The number of thiophene rings is 1. The molecule has 1 amide bonds. The summed E-state index contributed by atoms with van der Waals surface area (Å²) in [4.78, 5) is 25.2. The maximum atomic E-state index is 12.7. The first-order valence-corrected chi connectivity index (χ1v) is 10.3. The Morgan fingerprint density at radius 3 is 2.69 bits per heavy atom. The molecule has 0 saturated heterocycles. The Bertz CT molecular complexity index is 741. The van der Waals surface area contributed by atoms with Crippen LogP contribution in [0.4, 0.5) is 5.00 Å². The molecule has 1 saturated carbocycles. The number of hydrogen-bond acceptors (Lipinski definition) is 4. The first kappa shape index (κ1) is 18.9. The van der Waals surface area contributed by atoms with E-state index in [9.17, 15) is 20.0 Å². The van der Waals surface area contributed by atoms with E-state index in [1.165, 1.54) is 16.2 Å². The van der Waals surface area contributed by atoms with Crippen molar-refractivity contribution in [1.29, 1.82) is 5.26 Å². The van der Waals surface area contributed by atoms with Crippen molar-refractivity contribution in [1.82, 2.24) is 0 Å². The molecule has 5 nitrogen and oxygen atoms in total. The molecule has 0 aromatic carbocycles. The molecule has 2 aliphatic rings. The number of carboxylic acids is 1. The third-order valence-corrected chi connectivity index (χ3v) is 7.02. The number of rotatable bonds is 5. The van der Waals surface area contributed by atoms with Gasteiger partial charge in [-0.3, -0.25) is 9.59 Å². The smallest absolute Gasteiger partial charge is 0.303 e. The quantitative estimate of drug-likeness (QED) is 0.794. The molecule has 0 radical (unpaired) electrons. The highest BCUT2D eigenvalue weighted by Gasteiger charge is 2.37. The lowest BCUT2D eigenvalue weighted by molar-refractivity contribution is -0.140. The van der Waals surface area contributed by atoms with Gasteiger partial charge >= 0.3 is 5.97 Å². The van der Waals surface area contributed by atoms with Crippen LogP contribution in [-0.4, -0.2) is 17.0 Å². The molecule has 0 spiro atoms. The van der Waals surface area contributed by atoms with Crippen LogP contribution in [0.15, 0.2) is 0 Å². The molecule has 0 aliphatic heterocycles. The second-order valence-corrected chi connectivity index (χ2v) is 9.13. The Hall–Kier alpha value is -1.87. The van der Waals surface area contributed by atoms with Gasteiger partial charge < -0.3 is 10.4 Å². The fourth-order valence-electron chi connectivity index (χ4n) is 4.51. The number of carboxylic acid groups (broad SMARTS) is 1. The van der Waals surface area contributed by atoms with Gasteiger partial charge in [0, 0.05) is 11.3 Å². The van der Waals surface area contributed by atoms with Crippen molar-refractivity contribution in [3.8, 4) is 6.07 Å². The molecule has 2 N–H and O–H groups in total. The average molecular weight is 375 g/mol. The lowest BCUT2D eigenvalue weighted by atomic mass is 9.69. The summed E-state index contributed by atoms with van der Waals surface area (Å²) in [6, 6.07) is 2.27. The average Bonchev–Trinajstić information content (AvgIpc) is 2.90. The molecule has 1 fully saturated rings. The largest absolute Gasteiger partial charge is 0.481 e. The van der Waals surface area contributed by atoms with Crippen LogP contribution in [0.3, 0.4) is 0 Å². The molecule has 140 valence electrons. The zero-order valence-electron chi connectivity index (χ0n) is 15.3. The highest BCUT2D eigenvalue weighted by molar-refractivity contribution is 7.16. The van der Waals surface area contributed by atoms with Crippen molar-refractivity contribution in [2.75, 3.05) is 5.32 Å². The number of hydrogen-bond donors (Lipinski definition) is 2. The second kappa shape index (κ2) is 7.79. The van der Waals surface area contributed by atoms with Gasteiger partial charge in [0.2, 0.25) is 5.91 Å². The predicted molar refractivity (Wildman–Crippen MR) is 101 cm³/mol. The number of nitriles is 1. The summed E-state index contributed by atoms with van der Waals surface area (Å²) in [5, 5.41) is 22.4. The fourth-order valence-corrected chi connectivity index (χ4v) is 5.88. The lowest BCUT2D eigenvalue weighted by Crippen LogP contribution is -2.32. The van der Waals surface area contributed by atoms with E-state index in [1.54, 1.807) is 0 Å². The Balaban J connectivity index is 1.75. The number of anilines is 1. The van der Waals surface area contributed by atoms with E-state index in [2.05, 4.69) is 18.3 Å². The number of carbonyl (C=O) groups excluding carboxylic acids is 1. The van der Waals surface area contributed by atoms with Gasteiger partial charge in [0.05, 0.1) is 12.0 Å². The summed E-state index contributed by atoms with van der Waals surface area (Å²) < 4.78 is 0. The van der Waals surface area contributed by atoms with Crippen molar-refractivity contribution < 1.29 is 14.7 Å². The Morgan fingerprint density at radius 1 is 1.31 bits per heavy atom. The molecule has 1 atom stereocenters. The van der Waals surface area contributed by atoms with E-state index >= 15 is 0 Å². The predicted octanol–water partition coefficient (Wildman–Crippen LogP) is 4.50. The van der Waals surface area contributed by atoms with Gasteiger partial charge in [0.25, 0.3) is 0 Å². The monoisotopic (exact) mass is 374 g/mol. The lowest BCUT2D eigenvalue weighted by Gasteiger charge is -2.35. The molecular weight excluding hydrogens is 348 g/mol. The van der Waals surface area contributed by atoms with E-state index in [-0.39, 0.29) is 18.7 Å². The Labute approximate surface area is 158 Å².